The van der Waals surface area contributed by atoms with Gasteiger partial charge >= 0.3 is 0 Å². The third kappa shape index (κ3) is 4.63. The highest BCUT2D eigenvalue weighted by Crippen LogP contribution is 2.45. The van der Waals surface area contributed by atoms with Crippen molar-refractivity contribution in [1.82, 2.24) is 19.5 Å². The molecular weight excluding hydrogens is 629 g/mol. The molecule has 3 aromatic heterocycles. The van der Waals surface area contributed by atoms with Crippen LogP contribution in [0.25, 0.3) is 93.0 Å². The topological polar surface area (TPSA) is 43.6 Å². The van der Waals surface area contributed by atoms with Crippen molar-refractivity contribution in [3.8, 4) is 51.0 Å². The second-order valence-corrected chi connectivity index (χ2v) is 13.5. The van der Waals surface area contributed by atoms with Gasteiger partial charge in [0.1, 0.15) is 0 Å². The van der Waals surface area contributed by atoms with Gasteiger partial charge in [0, 0.05) is 53.3 Å². The quantitative estimate of drug-likeness (QED) is 0.185. The lowest BCUT2D eigenvalue weighted by molar-refractivity contribution is 1.07. The number of nitrogens with zero attached hydrogens (tertiary/aromatic N) is 4. The predicted octanol–water partition coefficient (Wildman–Crippen LogP) is 12.0. The van der Waals surface area contributed by atoms with E-state index in [0.717, 1.165) is 33.4 Å². The SMILES string of the molecule is c1ccc(-c2nc(-c3ccccc3)nc(-c3ccc4c5c(-c6cccc7sc8ccccc8c67)cccc5n(-c5ccccc5)c4c3)n2)cc1. The maximum absolute atomic E-state index is 5.05. The summed E-state index contributed by atoms with van der Waals surface area (Å²) in [6.07, 6.45) is 0. The monoisotopic (exact) mass is 656 g/mol. The van der Waals surface area contributed by atoms with E-state index < -0.39 is 0 Å². The number of hydrogen-bond donors (Lipinski definition) is 0. The van der Waals surface area contributed by atoms with Crippen molar-refractivity contribution in [2.45, 2.75) is 0 Å². The zero-order valence-electron chi connectivity index (χ0n) is 26.9. The summed E-state index contributed by atoms with van der Waals surface area (Å²) in [7, 11) is 0. The normalized spacial score (nSPS) is 11.6. The molecule has 0 aliphatic heterocycles. The van der Waals surface area contributed by atoms with Crippen LogP contribution in [0.1, 0.15) is 0 Å². The molecule has 0 atom stereocenters. The van der Waals surface area contributed by atoms with Crippen molar-refractivity contribution in [1.29, 1.82) is 0 Å². The summed E-state index contributed by atoms with van der Waals surface area (Å²) < 4.78 is 4.98. The standard InChI is InChI=1S/C45H28N4S/c1-4-14-29(15-5-1)43-46-44(30-16-6-2-7-17-30)48-45(47-43)31-26-27-35-38(28-31)49(32-18-8-3-9-19-32)37-23-12-21-33(41(35)37)34-22-13-25-40-42(34)36-20-10-11-24-39(36)50-40/h1-28H. The van der Waals surface area contributed by atoms with Gasteiger partial charge < -0.3 is 4.57 Å². The van der Waals surface area contributed by atoms with Gasteiger partial charge in [-0.1, -0.05) is 133 Å². The van der Waals surface area contributed by atoms with Crippen LogP contribution in [0.2, 0.25) is 0 Å². The van der Waals surface area contributed by atoms with Gasteiger partial charge in [0.25, 0.3) is 0 Å². The third-order valence-electron chi connectivity index (χ3n) is 9.46. The molecule has 4 nitrogen and oxygen atoms in total. The van der Waals surface area contributed by atoms with Gasteiger partial charge in [0.05, 0.1) is 11.0 Å². The molecule has 0 spiro atoms. The molecule has 0 saturated heterocycles. The highest BCUT2D eigenvalue weighted by Gasteiger charge is 2.20. The summed E-state index contributed by atoms with van der Waals surface area (Å²) in [6, 6.07) is 59.7. The molecule has 0 radical (unpaired) electrons. The molecule has 0 bridgehead atoms. The number of thiophene rings is 1. The molecule has 10 aromatic rings. The van der Waals surface area contributed by atoms with Gasteiger partial charge in [-0.25, -0.2) is 15.0 Å². The first-order valence-electron chi connectivity index (χ1n) is 16.7. The molecule has 10 rings (SSSR count). The van der Waals surface area contributed by atoms with Crippen molar-refractivity contribution >= 4 is 53.3 Å². The molecule has 0 fully saturated rings. The van der Waals surface area contributed by atoms with Crippen molar-refractivity contribution in [3.05, 3.63) is 170 Å². The minimum atomic E-state index is 0.638. The van der Waals surface area contributed by atoms with E-state index in [0.29, 0.717) is 17.5 Å². The van der Waals surface area contributed by atoms with Gasteiger partial charge in [-0.3, -0.25) is 0 Å². The molecule has 0 aliphatic carbocycles. The van der Waals surface area contributed by atoms with Gasteiger partial charge in [0.15, 0.2) is 17.5 Å². The van der Waals surface area contributed by atoms with Crippen molar-refractivity contribution in [2.75, 3.05) is 0 Å². The average molecular weight is 657 g/mol. The first-order chi connectivity index (χ1) is 24.8. The Kier molecular flexibility index (Phi) is 6.64. The number of aromatic nitrogens is 4. The molecule has 0 saturated carbocycles. The van der Waals surface area contributed by atoms with Crippen LogP contribution >= 0.6 is 11.3 Å². The van der Waals surface area contributed by atoms with Crippen LogP contribution < -0.4 is 0 Å². The number of fused-ring (bicyclic) bond motifs is 6. The molecule has 0 unspecified atom stereocenters. The Labute approximate surface area is 292 Å². The van der Waals surface area contributed by atoms with Crippen LogP contribution in [0.5, 0.6) is 0 Å². The van der Waals surface area contributed by atoms with E-state index in [2.05, 4.69) is 114 Å². The Bertz CT molecular complexity index is 2800. The fraction of sp³-hybridized carbons (Fsp3) is 0. The molecule has 0 aliphatic rings. The maximum Gasteiger partial charge on any atom is 0.164 e. The van der Waals surface area contributed by atoms with Gasteiger partial charge in [-0.05, 0) is 47.5 Å². The lowest BCUT2D eigenvalue weighted by Gasteiger charge is -2.10. The molecule has 3 heterocycles. The van der Waals surface area contributed by atoms with Crippen molar-refractivity contribution in [2.24, 2.45) is 0 Å². The van der Waals surface area contributed by atoms with Crippen LogP contribution in [0.3, 0.4) is 0 Å². The van der Waals surface area contributed by atoms with E-state index in [1.54, 1.807) is 0 Å². The zero-order chi connectivity index (χ0) is 33.0. The molecule has 0 N–H and O–H groups in total. The Balaban J connectivity index is 1.25. The van der Waals surface area contributed by atoms with Gasteiger partial charge in [0.2, 0.25) is 0 Å². The van der Waals surface area contributed by atoms with E-state index >= 15 is 0 Å². The summed E-state index contributed by atoms with van der Waals surface area (Å²) in [5, 5.41) is 5.02. The fourth-order valence-corrected chi connectivity index (χ4v) is 8.36. The number of para-hydroxylation sites is 1. The average Bonchev–Trinajstić information content (AvgIpc) is 3.74. The second-order valence-electron chi connectivity index (χ2n) is 12.4. The molecule has 50 heavy (non-hydrogen) atoms. The Morgan fingerprint density at radius 2 is 0.940 bits per heavy atom. The maximum atomic E-state index is 5.05. The van der Waals surface area contributed by atoms with Crippen LogP contribution in [-0.4, -0.2) is 19.5 Å². The van der Waals surface area contributed by atoms with Crippen LogP contribution in [0.15, 0.2) is 170 Å². The second kappa shape index (κ2) is 11.6. The highest BCUT2D eigenvalue weighted by atomic mass is 32.1. The Hall–Kier alpha value is -6.43. The first-order valence-corrected chi connectivity index (χ1v) is 17.5. The number of benzene rings is 7. The zero-order valence-corrected chi connectivity index (χ0v) is 27.7. The number of rotatable bonds is 5. The van der Waals surface area contributed by atoms with E-state index in [-0.39, 0.29) is 0 Å². The summed E-state index contributed by atoms with van der Waals surface area (Å²) in [5.74, 6) is 1.94. The van der Waals surface area contributed by atoms with E-state index in [4.69, 9.17) is 15.0 Å². The minimum absolute atomic E-state index is 0.638. The fourth-order valence-electron chi connectivity index (χ4n) is 7.22. The van der Waals surface area contributed by atoms with Crippen LogP contribution in [0.4, 0.5) is 0 Å². The van der Waals surface area contributed by atoms with E-state index in [1.165, 1.54) is 42.1 Å². The first kappa shape index (κ1) is 28.6. The van der Waals surface area contributed by atoms with E-state index in [9.17, 15) is 0 Å². The van der Waals surface area contributed by atoms with Crippen LogP contribution in [-0.2, 0) is 0 Å². The highest BCUT2D eigenvalue weighted by molar-refractivity contribution is 7.25. The van der Waals surface area contributed by atoms with Gasteiger partial charge in [-0.2, -0.15) is 0 Å². The van der Waals surface area contributed by atoms with Crippen molar-refractivity contribution < 1.29 is 0 Å². The number of hydrogen-bond acceptors (Lipinski definition) is 4. The summed E-state index contributed by atoms with van der Waals surface area (Å²) in [4.78, 5) is 15.0. The van der Waals surface area contributed by atoms with Gasteiger partial charge in [-0.15, -0.1) is 11.3 Å². The molecular formula is C45H28N4S. The third-order valence-corrected chi connectivity index (χ3v) is 10.6. The van der Waals surface area contributed by atoms with Crippen molar-refractivity contribution in [3.63, 3.8) is 0 Å². The molecule has 7 aromatic carbocycles. The lowest BCUT2D eigenvalue weighted by Crippen LogP contribution is -2.00. The lowest BCUT2D eigenvalue weighted by atomic mass is 9.95. The Morgan fingerprint density at radius 1 is 0.380 bits per heavy atom. The summed E-state index contributed by atoms with van der Waals surface area (Å²) in [5.41, 5.74) is 8.67. The summed E-state index contributed by atoms with van der Waals surface area (Å²) >= 11 is 1.86. The minimum Gasteiger partial charge on any atom is -0.309 e. The smallest absolute Gasteiger partial charge is 0.164 e. The molecule has 234 valence electrons. The molecule has 5 heteroatoms. The summed E-state index contributed by atoms with van der Waals surface area (Å²) in [6.45, 7) is 0. The predicted molar refractivity (Wildman–Crippen MR) is 209 cm³/mol. The molecule has 0 amide bonds. The van der Waals surface area contributed by atoms with E-state index in [1.807, 2.05) is 72.0 Å². The Morgan fingerprint density at radius 3 is 1.64 bits per heavy atom. The van der Waals surface area contributed by atoms with Crippen LogP contribution in [0, 0.1) is 0 Å². The largest absolute Gasteiger partial charge is 0.309 e.